The first-order valence-corrected chi connectivity index (χ1v) is 6.22. The molecule has 1 rings (SSSR count). The highest BCUT2D eigenvalue weighted by molar-refractivity contribution is 7.85. The second-order valence-electron chi connectivity index (χ2n) is 3.53. The van der Waals surface area contributed by atoms with Gasteiger partial charge in [0.1, 0.15) is 0 Å². The minimum absolute atomic E-state index is 0.367. The van der Waals surface area contributed by atoms with E-state index in [9.17, 15) is 4.21 Å². The van der Waals surface area contributed by atoms with Crippen LogP contribution in [-0.2, 0) is 10.8 Å². The molecule has 72 valence electrons. The predicted molar refractivity (Wildman–Crippen MR) is 53.8 cm³/mol. The molecule has 2 atom stereocenters. The Balaban J connectivity index is 2.00. The van der Waals surface area contributed by atoms with Crippen molar-refractivity contribution in [1.82, 2.24) is 5.32 Å². The summed E-state index contributed by atoms with van der Waals surface area (Å²) in [5.41, 5.74) is 0. The molecule has 0 aromatic rings. The number of hydrogen-bond donors (Lipinski definition) is 1. The Morgan fingerprint density at radius 3 is 2.75 bits per heavy atom. The lowest BCUT2D eigenvalue weighted by Crippen LogP contribution is -2.25. The van der Waals surface area contributed by atoms with Crippen LogP contribution in [0.3, 0.4) is 0 Å². The molecule has 1 saturated carbocycles. The van der Waals surface area contributed by atoms with Crippen LogP contribution in [0.15, 0.2) is 0 Å². The van der Waals surface area contributed by atoms with Crippen molar-refractivity contribution < 1.29 is 4.21 Å². The Kier molecular flexibility index (Phi) is 4.22. The maximum atomic E-state index is 11.4. The third-order valence-corrected chi connectivity index (χ3v) is 4.17. The van der Waals surface area contributed by atoms with Crippen LogP contribution in [0.5, 0.6) is 0 Å². The summed E-state index contributed by atoms with van der Waals surface area (Å²) in [4.78, 5) is 0. The van der Waals surface area contributed by atoms with Gasteiger partial charge >= 0.3 is 0 Å². The molecule has 0 amide bonds. The Bertz CT molecular complexity index is 157. The van der Waals surface area contributed by atoms with E-state index in [1.54, 1.807) is 0 Å². The van der Waals surface area contributed by atoms with Gasteiger partial charge in [0.2, 0.25) is 0 Å². The minimum atomic E-state index is -0.616. The van der Waals surface area contributed by atoms with E-state index in [1.165, 1.54) is 12.8 Å². The van der Waals surface area contributed by atoms with E-state index in [1.807, 2.05) is 0 Å². The zero-order valence-electron chi connectivity index (χ0n) is 8.01. The first-order chi connectivity index (χ1) is 5.74. The fourth-order valence-electron chi connectivity index (χ4n) is 1.04. The van der Waals surface area contributed by atoms with Gasteiger partial charge in [0.15, 0.2) is 0 Å². The number of nitrogens with one attached hydrogen (secondary N) is 1. The van der Waals surface area contributed by atoms with Crippen molar-refractivity contribution >= 4 is 10.8 Å². The monoisotopic (exact) mass is 189 g/mol. The van der Waals surface area contributed by atoms with Gasteiger partial charge in [-0.3, -0.25) is 4.21 Å². The van der Waals surface area contributed by atoms with Crippen LogP contribution < -0.4 is 5.32 Å². The highest BCUT2D eigenvalue weighted by atomic mass is 32.2. The molecular formula is C9H19NOS. The van der Waals surface area contributed by atoms with Crippen molar-refractivity contribution in [1.29, 1.82) is 0 Å². The highest BCUT2D eigenvalue weighted by Crippen LogP contribution is 2.18. The highest BCUT2D eigenvalue weighted by Gasteiger charge is 2.20. The smallest absolute Gasteiger partial charge is 0.0362 e. The summed E-state index contributed by atoms with van der Waals surface area (Å²) in [5, 5.41) is 3.74. The van der Waals surface area contributed by atoms with Crippen molar-refractivity contribution in [2.24, 2.45) is 0 Å². The molecule has 1 fully saturated rings. The molecule has 0 radical (unpaired) electrons. The van der Waals surface area contributed by atoms with Gasteiger partial charge < -0.3 is 5.32 Å². The van der Waals surface area contributed by atoms with Crippen LogP contribution in [0.25, 0.3) is 0 Å². The Morgan fingerprint density at radius 1 is 1.58 bits per heavy atom. The normalized spacial score (nSPS) is 22.2. The van der Waals surface area contributed by atoms with Gasteiger partial charge in [-0.1, -0.05) is 13.8 Å². The fourth-order valence-corrected chi connectivity index (χ4v) is 2.13. The zero-order chi connectivity index (χ0) is 8.97. The van der Waals surface area contributed by atoms with E-state index in [0.29, 0.717) is 5.25 Å². The zero-order valence-corrected chi connectivity index (χ0v) is 8.82. The first-order valence-electron chi connectivity index (χ1n) is 4.84. The molecule has 0 aromatic carbocycles. The lowest BCUT2D eigenvalue weighted by Gasteiger charge is -2.08. The predicted octanol–water partition coefficient (Wildman–Crippen LogP) is 1.29. The van der Waals surface area contributed by atoms with Gasteiger partial charge in [0.25, 0.3) is 0 Å². The van der Waals surface area contributed by atoms with Gasteiger partial charge in [-0.15, -0.1) is 0 Å². The summed E-state index contributed by atoms with van der Waals surface area (Å²) < 4.78 is 11.4. The summed E-state index contributed by atoms with van der Waals surface area (Å²) in [6.07, 6.45) is 3.65. The van der Waals surface area contributed by atoms with Crippen LogP contribution in [-0.4, -0.2) is 27.8 Å². The second kappa shape index (κ2) is 4.97. The van der Waals surface area contributed by atoms with Crippen molar-refractivity contribution in [3.8, 4) is 0 Å². The third kappa shape index (κ3) is 3.68. The Morgan fingerprint density at radius 2 is 2.25 bits per heavy atom. The van der Waals surface area contributed by atoms with E-state index in [0.717, 1.165) is 24.8 Å². The molecule has 0 aliphatic heterocycles. The molecule has 1 aliphatic rings. The van der Waals surface area contributed by atoms with E-state index >= 15 is 0 Å². The molecule has 0 bridgehead atoms. The molecule has 0 spiro atoms. The van der Waals surface area contributed by atoms with Gasteiger partial charge in [-0.05, 0) is 19.3 Å². The molecular weight excluding hydrogens is 170 g/mol. The lowest BCUT2D eigenvalue weighted by atomic mass is 10.4. The van der Waals surface area contributed by atoms with E-state index < -0.39 is 10.8 Å². The topological polar surface area (TPSA) is 29.1 Å². The Hall–Kier alpha value is 0.110. The molecule has 1 N–H and O–H groups in total. The summed E-state index contributed by atoms with van der Waals surface area (Å²) in [6, 6.07) is 0.749. The van der Waals surface area contributed by atoms with Gasteiger partial charge in [0, 0.05) is 34.4 Å². The SMILES string of the molecule is CCC(C)S(=O)CCNC1CC1. The Labute approximate surface area is 77.6 Å². The third-order valence-electron chi connectivity index (χ3n) is 2.34. The van der Waals surface area contributed by atoms with Gasteiger partial charge in [-0.2, -0.15) is 0 Å². The molecule has 2 unspecified atom stereocenters. The average Bonchev–Trinajstić information content (AvgIpc) is 2.86. The summed E-state index contributed by atoms with van der Waals surface area (Å²) >= 11 is 0. The minimum Gasteiger partial charge on any atom is -0.313 e. The molecule has 12 heavy (non-hydrogen) atoms. The van der Waals surface area contributed by atoms with Crippen LogP contribution >= 0.6 is 0 Å². The van der Waals surface area contributed by atoms with Crippen molar-refractivity contribution in [2.75, 3.05) is 12.3 Å². The van der Waals surface area contributed by atoms with Crippen molar-refractivity contribution in [3.63, 3.8) is 0 Å². The fraction of sp³-hybridized carbons (Fsp3) is 1.00. The summed E-state index contributed by atoms with van der Waals surface area (Å²) in [7, 11) is -0.616. The average molecular weight is 189 g/mol. The number of rotatable bonds is 6. The molecule has 1 aliphatic carbocycles. The van der Waals surface area contributed by atoms with Crippen LogP contribution in [0, 0.1) is 0 Å². The molecule has 3 heteroatoms. The van der Waals surface area contributed by atoms with Gasteiger partial charge in [-0.25, -0.2) is 0 Å². The maximum absolute atomic E-state index is 11.4. The van der Waals surface area contributed by atoms with Crippen LogP contribution in [0.4, 0.5) is 0 Å². The van der Waals surface area contributed by atoms with Crippen LogP contribution in [0.2, 0.25) is 0 Å². The molecule has 0 saturated heterocycles. The van der Waals surface area contributed by atoms with E-state index in [2.05, 4.69) is 19.2 Å². The van der Waals surface area contributed by atoms with Crippen molar-refractivity contribution in [2.45, 2.75) is 44.4 Å². The summed E-state index contributed by atoms with van der Waals surface area (Å²) in [5.74, 6) is 0.825. The molecule has 0 heterocycles. The second-order valence-corrected chi connectivity index (χ2v) is 5.51. The first kappa shape index (κ1) is 10.2. The largest absolute Gasteiger partial charge is 0.313 e. The number of hydrogen-bond acceptors (Lipinski definition) is 2. The van der Waals surface area contributed by atoms with Crippen molar-refractivity contribution in [3.05, 3.63) is 0 Å². The quantitative estimate of drug-likeness (QED) is 0.682. The lowest BCUT2D eigenvalue weighted by molar-refractivity contribution is 0.660. The maximum Gasteiger partial charge on any atom is 0.0362 e. The summed E-state index contributed by atoms with van der Waals surface area (Å²) in [6.45, 7) is 5.09. The molecule has 0 aromatic heterocycles. The van der Waals surface area contributed by atoms with Gasteiger partial charge in [0.05, 0.1) is 0 Å². The van der Waals surface area contributed by atoms with Crippen LogP contribution in [0.1, 0.15) is 33.1 Å². The van der Waals surface area contributed by atoms with E-state index in [-0.39, 0.29) is 0 Å². The van der Waals surface area contributed by atoms with E-state index in [4.69, 9.17) is 0 Å². The standard InChI is InChI=1S/C9H19NOS/c1-3-8(2)12(11)7-6-10-9-4-5-9/h8-10H,3-7H2,1-2H3. The molecule has 2 nitrogen and oxygen atoms in total.